The fourth-order valence-electron chi connectivity index (χ4n) is 1.53. The van der Waals surface area contributed by atoms with Crippen LogP contribution in [-0.2, 0) is 16.6 Å². The number of aromatic nitrogens is 2. The van der Waals surface area contributed by atoms with Gasteiger partial charge < -0.3 is 0 Å². The molecule has 0 aliphatic rings. The van der Waals surface area contributed by atoms with E-state index in [2.05, 4.69) is 9.82 Å². The first-order valence-electron chi connectivity index (χ1n) is 5.34. The summed E-state index contributed by atoms with van der Waals surface area (Å²) in [6.45, 7) is 2.34. The number of benzene rings is 1. The SMILES string of the molecule is CCn1nccc1NS(=O)(=O)c1ccccc1F. The second-order valence-electron chi connectivity index (χ2n) is 3.57. The minimum absolute atomic E-state index is 0.306. The van der Waals surface area contributed by atoms with Crippen molar-refractivity contribution in [2.45, 2.75) is 18.4 Å². The zero-order valence-corrected chi connectivity index (χ0v) is 10.5. The molecule has 7 heteroatoms. The summed E-state index contributed by atoms with van der Waals surface area (Å²) in [6, 6.07) is 6.73. The predicted octanol–water partition coefficient (Wildman–Crippen LogP) is 1.84. The van der Waals surface area contributed by atoms with E-state index in [-0.39, 0.29) is 4.90 Å². The summed E-state index contributed by atoms with van der Waals surface area (Å²) in [5.41, 5.74) is 0. The summed E-state index contributed by atoms with van der Waals surface area (Å²) in [4.78, 5) is -0.381. The predicted molar refractivity (Wildman–Crippen MR) is 65.1 cm³/mol. The Morgan fingerprint density at radius 1 is 1.33 bits per heavy atom. The van der Waals surface area contributed by atoms with E-state index in [1.807, 2.05) is 6.92 Å². The Labute approximate surface area is 104 Å². The summed E-state index contributed by atoms with van der Waals surface area (Å²) in [7, 11) is -3.93. The molecule has 0 saturated carbocycles. The molecule has 0 unspecified atom stereocenters. The molecule has 0 amide bonds. The number of hydrogen-bond acceptors (Lipinski definition) is 3. The highest BCUT2D eigenvalue weighted by Crippen LogP contribution is 2.18. The number of sulfonamides is 1. The van der Waals surface area contributed by atoms with E-state index in [1.165, 1.54) is 35.1 Å². The molecule has 0 radical (unpaired) electrons. The topological polar surface area (TPSA) is 64.0 Å². The minimum Gasteiger partial charge on any atom is -0.263 e. The average Bonchev–Trinajstić information content (AvgIpc) is 2.76. The first kappa shape index (κ1) is 12.6. The van der Waals surface area contributed by atoms with Crippen molar-refractivity contribution in [3.63, 3.8) is 0 Å². The number of hydrogen-bond donors (Lipinski definition) is 1. The lowest BCUT2D eigenvalue weighted by molar-refractivity contribution is 0.569. The Morgan fingerprint density at radius 3 is 2.72 bits per heavy atom. The van der Waals surface area contributed by atoms with Crippen LogP contribution in [0.5, 0.6) is 0 Å². The van der Waals surface area contributed by atoms with Gasteiger partial charge in [0.15, 0.2) is 0 Å². The van der Waals surface area contributed by atoms with Gasteiger partial charge in [-0.1, -0.05) is 12.1 Å². The molecule has 18 heavy (non-hydrogen) atoms. The molecule has 1 heterocycles. The summed E-state index contributed by atoms with van der Waals surface area (Å²) in [5.74, 6) is -0.478. The third kappa shape index (κ3) is 2.35. The van der Waals surface area contributed by atoms with Gasteiger partial charge in [-0.15, -0.1) is 0 Å². The van der Waals surface area contributed by atoms with Gasteiger partial charge in [0.1, 0.15) is 16.5 Å². The van der Waals surface area contributed by atoms with E-state index < -0.39 is 15.8 Å². The third-order valence-electron chi connectivity index (χ3n) is 2.38. The van der Waals surface area contributed by atoms with Gasteiger partial charge in [0, 0.05) is 12.6 Å². The zero-order chi connectivity index (χ0) is 13.2. The average molecular weight is 269 g/mol. The van der Waals surface area contributed by atoms with E-state index in [9.17, 15) is 12.8 Å². The summed E-state index contributed by atoms with van der Waals surface area (Å²) in [6.07, 6.45) is 1.47. The van der Waals surface area contributed by atoms with Gasteiger partial charge in [-0.3, -0.25) is 4.72 Å². The fraction of sp³-hybridized carbons (Fsp3) is 0.182. The highest BCUT2D eigenvalue weighted by molar-refractivity contribution is 7.92. The van der Waals surface area contributed by atoms with Gasteiger partial charge in [-0.25, -0.2) is 17.5 Å². The lowest BCUT2D eigenvalue weighted by Crippen LogP contribution is -2.17. The molecule has 0 atom stereocenters. The normalized spacial score (nSPS) is 11.4. The second-order valence-corrected chi connectivity index (χ2v) is 5.22. The number of rotatable bonds is 4. The Kier molecular flexibility index (Phi) is 3.33. The Balaban J connectivity index is 2.37. The Hall–Kier alpha value is -1.89. The van der Waals surface area contributed by atoms with Gasteiger partial charge in [0.05, 0.1) is 6.20 Å². The van der Waals surface area contributed by atoms with Crippen molar-refractivity contribution >= 4 is 15.8 Å². The number of aryl methyl sites for hydroxylation is 1. The van der Waals surface area contributed by atoms with E-state index in [0.29, 0.717) is 12.4 Å². The first-order chi connectivity index (χ1) is 8.54. The van der Waals surface area contributed by atoms with Crippen molar-refractivity contribution < 1.29 is 12.8 Å². The molecular weight excluding hydrogens is 257 g/mol. The minimum atomic E-state index is -3.93. The summed E-state index contributed by atoms with van der Waals surface area (Å²) >= 11 is 0. The van der Waals surface area contributed by atoms with Crippen molar-refractivity contribution in [2.24, 2.45) is 0 Å². The molecule has 96 valence electrons. The van der Waals surface area contributed by atoms with Crippen LogP contribution in [-0.4, -0.2) is 18.2 Å². The summed E-state index contributed by atoms with van der Waals surface area (Å²) < 4.78 is 41.2. The molecular formula is C11H12FN3O2S. The summed E-state index contributed by atoms with van der Waals surface area (Å²) in [5, 5.41) is 3.93. The highest BCUT2D eigenvalue weighted by Gasteiger charge is 2.19. The fourth-order valence-corrected chi connectivity index (χ4v) is 2.67. The Bertz CT molecular complexity index is 652. The van der Waals surface area contributed by atoms with E-state index in [1.54, 1.807) is 0 Å². The van der Waals surface area contributed by atoms with Crippen LogP contribution in [0, 0.1) is 5.82 Å². The highest BCUT2D eigenvalue weighted by atomic mass is 32.2. The molecule has 5 nitrogen and oxygen atoms in total. The van der Waals surface area contributed by atoms with Gasteiger partial charge >= 0.3 is 0 Å². The van der Waals surface area contributed by atoms with Gasteiger partial charge in [0.2, 0.25) is 0 Å². The Morgan fingerprint density at radius 2 is 2.06 bits per heavy atom. The lowest BCUT2D eigenvalue weighted by atomic mass is 10.4. The molecule has 1 aromatic heterocycles. The number of nitrogens with one attached hydrogen (secondary N) is 1. The molecule has 2 aromatic rings. The van der Waals surface area contributed by atoms with Crippen molar-refractivity contribution in [1.82, 2.24) is 9.78 Å². The number of anilines is 1. The molecule has 0 aliphatic heterocycles. The van der Waals surface area contributed by atoms with E-state index in [4.69, 9.17) is 0 Å². The monoisotopic (exact) mass is 269 g/mol. The van der Waals surface area contributed by atoms with Gasteiger partial charge in [-0.05, 0) is 19.1 Å². The smallest absolute Gasteiger partial charge is 0.263 e. The van der Waals surface area contributed by atoms with E-state index >= 15 is 0 Å². The van der Waals surface area contributed by atoms with Crippen LogP contribution in [0.25, 0.3) is 0 Å². The van der Waals surface area contributed by atoms with Crippen LogP contribution >= 0.6 is 0 Å². The lowest BCUT2D eigenvalue weighted by Gasteiger charge is -2.09. The zero-order valence-electron chi connectivity index (χ0n) is 9.67. The standard InChI is InChI=1S/C11H12FN3O2S/c1-2-15-11(7-8-13-15)14-18(16,17)10-6-4-3-5-9(10)12/h3-8,14H,2H2,1H3. The quantitative estimate of drug-likeness (QED) is 0.921. The largest absolute Gasteiger partial charge is 0.265 e. The molecule has 1 N–H and O–H groups in total. The second kappa shape index (κ2) is 4.77. The van der Waals surface area contributed by atoms with Crippen LogP contribution in [0.3, 0.4) is 0 Å². The first-order valence-corrected chi connectivity index (χ1v) is 6.82. The maximum absolute atomic E-state index is 13.5. The molecule has 0 spiro atoms. The van der Waals surface area contributed by atoms with Crippen LogP contribution in [0.4, 0.5) is 10.2 Å². The van der Waals surface area contributed by atoms with Crippen LogP contribution in [0.1, 0.15) is 6.92 Å². The van der Waals surface area contributed by atoms with Gasteiger partial charge in [0.25, 0.3) is 10.0 Å². The third-order valence-corrected chi connectivity index (χ3v) is 3.77. The van der Waals surface area contributed by atoms with Crippen molar-refractivity contribution in [2.75, 3.05) is 4.72 Å². The van der Waals surface area contributed by atoms with Crippen LogP contribution in [0.2, 0.25) is 0 Å². The molecule has 0 bridgehead atoms. The van der Waals surface area contributed by atoms with Crippen LogP contribution in [0.15, 0.2) is 41.4 Å². The molecule has 0 saturated heterocycles. The molecule has 0 aliphatic carbocycles. The maximum Gasteiger partial charge on any atom is 0.265 e. The van der Waals surface area contributed by atoms with Crippen molar-refractivity contribution in [3.8, 4) is 0 Å². The number of halogens is 1. The van der Waals surface area contributed by atoms with Gasteiger partial charge in [-0.2, -0.15) is 5.10 Å². The molecule has 2 rings (SSSR count). The van der Waals surface area contributed by atoms with Crippen LogP contribution < -0.4 is 4.72 Å². The maximum atomic E-state index is 13.5. The van der Waals surface area contributed by atoms with Crippen molar-refractivity contribution in [1.29, 1.82) is 0 Å². The molecule has 0 fully saturated rings. The van der Waals surface area contributed by atoms with Crippen molar-refractivity contribution in [3.05, 3.63) is 42.3 Å². The molecule has 1 aromatic carbocycles. The number of nitrogens with zero attached hydrogens (tertiary/aromatic N) is 2. The van der Waals surface area contributed by atoms with E-state index in [0.717, 1.165) is 6.07 Å².